The van der Waals surface area contributed by atoms with Crippen LogP contribution in [0.15, 0.2) is 71.8 Å². The van der Waals surface area contributed by atoms with E-state index in [0.29, 0.717) is 70.9 Å². The van der Waals surface area contributed by atoms with Crippen molar-refractivity contribution in [1.29, 1.82) is 0 Å². The molecule has 5 heterocycles. The molecule has 0 spiro atoms. The zero-order valence-electron chi connectivity index (χ0n) is 32.9. The largest absolute Gasteiger partial charge is 0.387 e. The fourth-order valence-corrected chi connectivity index (χ4v) is 10.7. The minimum atomic E-state index is -2.60. The third-order valence-electron chi connectivity index (χ3n) is 11.9. The number of hydrogen-bond donors (Lipinski definition) is 2. The minimum absolute atomic E-state index is 0.139. The number of ether oxygens (including phenoxy) is 1. The molecule has 2 aliphatic heterocycles. The lowest BCUT2D eigenvalue weighted by Crippen LogP contribution is -2.39. The van der Waals surface area contributed by atoms with Crippen molar-refractivity contribution in [3.63, 3.8) is 0 Å². The van der Waals surface area contributed by atoms with Crippen LogP contribution in [0.5, 0.6) is 0 Å². The number of imidazole rings is 1. The molecule has 6 aromatic rings. The Kier molecular flexibility index (Phi) is 9.91. The number of H-pyrrole nitrogens is 1. The second-order valence-corrected chi connectivity index (χ2v) is 18.6. The number of nitrogens with zero attached hydrogens (tertiary/aromatic N) is 5. The van der Waals surface area contributed by atoms with Crippen molar-refractivity contribution in [3.05, 3.63) is 117 Å². The minimum Gasteiger partial charge on any atom is -0.387 e. The number of rotatable bonds is 9. The van der Waals surface area contributed by atoms with E-state index < -0.39 is 13.2 Å². The van der Waals surface area contributed by atoms with Crippen molar-refractivity contribution in [3.8, 4) is 17.2 Å². The van der Waals surface area contributed by atoms with E-state index in [9.17, 15) is 18.5 Å². The highest BCUT2D eigenvalue weighted by Gasteiger charge is 2.36. The maximum atomic E-state index is 14.9. The topological polar surface area (TPSA) is 119 Å². The summed E-state index contributed by atoms with van der Waals surface area (Å²) in [6, 6.07) is 16.9. The summed E-state index contributed by atoms with van der Waals surface area (Å²) in [5, 5.41) is 10.0. The highest BCUT2D eigenvalue weighted by Crippen LogP contribution is 2.46. The Labute approximate surface area is 325 Å². The predicted molar refractivity (Wildman–Crippen MR) is 220 cm³/mol. The Morgan fingerprint density at radius 3 is 2.39 bits per heavy atom. The van der Waals surface area contributed by atoms with Gasteiger partial charge in [0, 0.05) is 85.4 Å². The molecule has 0 aliphatic carbocycles. The van der Waals surface area contributed by atoms with Crippen LogP contribution in [-0.2, 0) is 15.7 Å². The molecular formula is C43H49FN7O4P. The Balaban J connectivity index is 1.21. The Bertz CT molecular complexity index is 2560. The zero-order chi connectivity index (χ0) is 39.5. The van der Waals surface area contributed by atoms with Gasteiger partial charge in [-0.05, 0) is 105 Å². The Morgan fingerprint density at radius 1 is 0.982 bits per heavy atom. The number of amides is 1. The number of aromatic amines is 1. The predicted octanol–water partition coefficient (Wildman–Crippen LogP) is 7.77. The molecule has 3 aromatic carbocycles. The van der Waals surface area contributed by atoms with Crippen LogP contribution < -0.4 is 16.3 Å². The Morgan fingerprint density at radius 2 is 1.70 bits per heavy atom. The maximum Gasteiger partial charge on any atom is 0.338 e. The van der Waals surface area contributed by atoms with Crippen molar-refractivity contribution in [2.75, 3.05) is 44.4 Å². The van der Waals surface area contributed by atoms with Crippen LogP contribution in [0.1, 0.15) is 84.0 Å². The van der Waals surface area contributed by atoms with Crippen LogP contribution in [0.25, 0.3) is 28.1 Å². The van der Waals surface area contributed by atoms with E-state index in [1.165, 1.54) is 5.56 Å². The fraction of sp³-hybridized carbons (Fsp3) is 0.372. The van der Waals surface area contributed by atoms with Gasteiger partial charge in [-0.25, -0.2) is 13.9 Å². The van der Waals surface area contributed by atoms with Crippen LogP contribution >= 0.6 is 7.14 Å². The monoisotopic (exact) mass is 777 g/mol. The van der Waals surface area contributed by atoms with Crippen LogP contribution in [0.3, 0.4) is 0 Å². The normalized spacial score (nSPS) is 16.4. The third kappa shape index (κ3) is 6.33. The van der Waals surface area contributed by atoms with Gasteiger partial charge in [0.1, 0.15) is 24.5 Å². The number of anilines is 1. The van der Waals surface area contributed by atoms with Crippen molar-refractivity contribution in [2.24, 2.45) is 0 Å². The number of benzene rings is 3. The van der Waals surface area contributed by atoms with Crippen molar-refractivity contribution in [1.82, 2.24) is 28.8 Å². The van der Waals surface area contributed by atoms with Gasteiger partial charge in [0.2, 0.25) is 0 Å². The van der Waals surface area contributed by atoms with Gasteiger partial charge >= 0.3 is 5.69 Å². The molecule has 0 radical (unpaired) electrons. The highest BCUT2D eigenvalue weighted by atomic mass is 31.2. The summed E-state index contributed by atoms with van der Waals surface area (Å²) >= 11 is 0. The highest BCUT2D eigenvalue weighted by molar-refractivity contribution is 7.71. The van der Waals surface area contributed by atoms with E-state index in [2.05, 4.69) is 28.5 Å². The smallest absolute Gasteiger partial charge is 0.338 e. The van der Waals surface area contributed by atoms with Gasteiger partial charge in [-0.2, -0.15) is 5.10 Å². The molecule has 1 fully saturated rings. The zero-order valence-corrected chi connectivity index (χ0v) is 33.8. The molecule has 2 N–H and O–H groups in total. The van der Waals surface area contributed by atoms with Gasteiger partial charge in [0.05, 0.1) is 23.1 Å². The molecule has 1 amide bonds. The molecule has 3 aromatic heterocycles. The first-order chi connectivity index (χ1) is 27.0. The average Bonchev–Trinajstić information content (AvgIpc) is 3.94. The third-order valence-corrected chi connectivity index (χ3v) is 15.2. The molecule has 8 rings (SSSR count). The molecule has 11 nitrogen and oxygen atoms in total. The van der Waals surface area contributed by atoms with Crippen LogP contribution in [0.4, 0.5) is 10.1 Å². The molecule has 56 heavy (non-hydrogen) atoms. The molecule has 2 aliphatic rings. The summed E-state index contributed by atoms with van der Waals surface area (Å²) in [7, 11) is -0.814. The number of aryl methyl sites for hydroxylation is 2. The first kappa shape index (κ1) is 37.7. The summed E-state index contributed by atoms with van der Waals surface area (Å²) in [5.74, 6) is 0.498. The summed E-state index contributed by atoms with van der Waals surface area (Å²) in [4.78, 5) is 34.2. The van der Waals surface area contributed by atoms with Crippen molar-refractivity contribution >= 4 is 34.9 Å². The lowest BCUT2D eigenvalue weighted by molar-refractivity contribution is 0.0672. The van der Waals surface area contributed by atoms with Crippen molar-refractivity contribution < 1.29 is 18.5 Å². The summed E-state index contributed by atoms with van der Waals surface area (Å²) in [5.41, 5.74) is 6.70. The van der Waals surface area contributed by atoms with E-state index in [1.807, 2.05) is 49.9 Å². The van der Waals surface area contributed by atoms with Crippen LogP contribution in [-0.4, -0.2) is 73.8 Å². The number of halogens is 1. The van der Waals surface area contributed by atoms with Gasteiger partial charge in [-0.15, -0.1) is 0 Å². The number of fused-ring (bicyclic) bond motifs is 2. The van der Waals surface area contributed by atoms with E-state index in [1.54, 1.807) is 59.2 Å². The lowest BCUT2D eigenvalue weighted by Gasteiger charge is -2.33. The van der Waals surface area contributed by atoms with E-state index in [4.69, 9.17) is 9.84 Å². The van der Waals surface area contributed by atoms with E-state index >= 15 is 0 Å². The number of hydrogen-bond acceptors (Lipinski definition) is 6. The van der Waals surface area contributed by atoms with Gasteiger partial charge in [0.25, 0.3) is 5.91 Å². The summed E-state index contributed by atoms with van der Waals surface area (Å²) in [6.45, 7) is 11.2. The number of carbonyl (C=O) groups excluding carboxylic acids is 1. The first-order valence-corrected chi connectivity index (χ1v) is 21.7. The van der Waals surface area contributed by atoms with Gasteiger partial charge < -0.3 is 24.5 Å². The second kappa shape index (κ2) is 14.7. The van der Waals surface area contributed by atoms with Gasteiger partial charge in [-0.1, -0.05) is 19.9 Å². The van der Waals surface area contributed by atoms with Crippen molar-refractivity contribution in [2.45, 2.75) is 65.8 Å². The SMILES string of the molecule is CCP(=O)(CC)c1ccc(-n2ccn(-c3c4c(nn3-c3cc(C)c(F)c(C)c3)CCN(C(=O)c3cc5cc(C6CCOCC6)ccc5[nH]3)[C@H]4C)c2=O)cc1NC. The van der Waals surface area contributed by atoms with Crippen LogP contribution in [0.2, 0.25) is 0 Å². The molecule has 0 unspecified atom stereocenters. The maximum absolute atomic E-state index is 14.9. The lowest BCUT2D eigenvalue weighted by atomic mass is 9.91. The Hall–Kier alpha value is -5.19. The molecule has 1 atom stereocenters. The van der Waals surface area contributed by atoms with Crippen LogP contribution in [0, 0.1) is 19.7 Å². The molecule has 13 heteroatoms. The van der Waals surface area contributed by atoms with E-state index in [0.717, 1.165) is 53.5 Å². The molecular weight excluding hydrogens is 728 g/mol. The quantitative estimate of drug-likeness (QED) is 0.145. The summed E-state index contributed by atoms with van der Waals surface area (Å²) in [6.07, 6.45) is 6.93. The van der Waals surface area contributed by atoms with E-state index in [-0.39, 0.29) is 17.4 Å². The first-order valence-electron chi connectivity index (χ1n) is 19.6. The molecule has 292 valence electrons. The molecule has 0 saturated carbocycles. The molecule has 1 saturated heterocycles. The average molecular weight is 778 g/mol. The van der Waals surface area contributed by atoms with Gasteiger partial charge in [0.15, 0.2) is 0 Å². The second-order valence-electron chi connectivity index (χ2n) is 15.1. The fourth-order valence-electron chi connectivity index (χ4n) is 8.62. The standard InChI is InChI=1S/C43H49FN7O4P/c1-7-56(54,8-2)38-12-10-32(25-36(38)45-6)49-17-18-50(43(49)53)41-39-28(5)48(16-13-35(39)47-51(41)33-21-26(3)40(44)27(4)22-33)42(52)37-24-31-23-30(9-11-34(31)46-37)29-14-19-55-20-15-29/h9-12,17-18,21-25,28-29,45-46H,7-8,13-16,19-20H2,1-6H3/t28-/m0/s1. The summed E-state index contributed by atoms with van der Waals surface area (Å²) < 4.78 is 39.0. The molecule has 0 bridgehead atoms. The number of carbonyl (C=O) groups is 1. The van der Waals surface area contributed by atoms with Gasteiger partial charge in [-0.3, -0.25) is 13.9 Å². The number of nitrogens with one attached hydrogen (secondary N) is 2. The number of aromatic nitrogens is 5.